The van der Waals surface area contributed by atoms with Crippen LogP contribution in [0.5, 0.6) is 5.75 Å². The number of carbonyl (C=O) groups excluding carboxylic acids is 1. The minimum Gasteiger partial charge on any atom is -0.492 e. The Labute approximate surface area is 160 Å². The molecule has 1 N–H and O–H groups in total. The van der Waals surface area contributed by atoms with Crippen molar-refractivity contribution in [2.24, 2.45) is 0 Å². The lowest BCUT2D eigenvalue weighted by atomic mass is 10.2. The molecule has 0 unspecified atom stereocenters. The highest BCUT2D eigenvalue weighted by atomic mass is 35.5. The van der Waals surface area contributed by atoms with Gasteiger partial charge in [0.25, 0.3) is 0 Å². The quantitative estimate of drug-likeness (QED) is 0.766. The monoisotopic (exact) mass is 375 g/mol. The van der Waals surface area contributed by atoms with E-state index in [9.17, 15) is 4.79 Å². The van der Waals surface area contributed by atoms with E-state index in [0.29, 0.717) is 24.7 Å². The zero-order valence-corrected chi connectivity index (χ0v) is 16.3. The molecule has 140 valence electrons. The first-order valence-corrected chi connectivity index (χ1v) is 8.92. The van der Waals surface area contributed by atoms with Gasteiger partial charge in [0.2, 0.25) is 0 Å². The van der Waals surface area contributed by atoms with E-state index < -0.39 is 0 Å². The number of hydrogen-bond donors (Lipinski definition) is 1. The molecule has 2 rings (SSSR count). The van der Waals surface area contributed by atoms with Crippen molar-refractivity contribution in [3.63, 3.8) is 0 Å². The lowest BCUT2D eigenvalue weighted by molar-refractivity contribution is 0.206. The van der Waals surface area contributed by atoms with Gasteiger partial charge in [-0.15, -0.1) is 0 Å². The number of ether oxygens (including phenoxy) is 1. The molecule has 0 saturated heterocycles. The minimum atomic E-state index is -0.142. The van der Waals surface area contributed by atoms with E-state index in [4.69, 9.17) is 16.3 Å². The van der Waals surface area contributed by atoms with Crippen LogP contribution in [0, 0.1) is 0 Å². The van der Waals surface area contributed by atoms with Crippen molar-refractivity contribution >= 4 is 17.6 Å². The normalized spacial score (nSPS) is 10.7. The average Bonchev–Trinajstić information content (AvgIpc) is 2.62. The average molecular weight is 376 g/mol. The molecule has 6 heteroatoms. The molecular weight excluding hydrogens is 350 g/mol. The molecule has 0 atom stereocenters. The van der Waals surface area contributed by atoms with Gasteiger partial charge in [-0.1, -0.05) is 41.9 Å². The SMILES string of the molecule is CN(C)CCOc1ccc(CNC(=O)N(C)Cc2ccccc2Cl)cc1. The largest absolute Gasteiger partial charge is 0.492 e. The zero-order chi connectivity index (χ0) is 18.9. The molecule has 2 aromatic rings. The van der Waals surface area contributed by atoms with Gasteiger partial charge in [0, 0.05) is 31.7 Å². The highest BCUT2D eigenvalue weighted by Crippen LogP contribution is 2.16. The van der Waals surface area contributed by atoms with Gasteiger partial charge in [0.15, 0.2) is 0 Å². The predicted octanol–water partition coefficient (Wildman–Crippen LogP) is 3.62. The van der Waals surface area contributed by atoms with E-state index in [1.54, 1.807) is 11.9 Å². The van der Waals surface area contributed by atoms with Crippen molar-refractivity contribution in [2.45, 2.75) is 13.1 Å². The Bertz CT molecular complexity index is 704. The third kappa shape index (κ3) is 6.58. The second kappa shape index (κ2) is 10.0. The third-order valence-corrected chi connectivity index (χ3v) is 4.26. The van der Waals surface area contributed by atoms with Gasteiger partial charge in [-0.05, 0) is 43.4 Å². The van der Waals surface area contributed by atoms with Crippen LogP contribution in [0.3, 0.4) is 0 Å². The van der Waals surface area contributed by atoms with Gasteiger partial charge >= 0.3 is 6.03 Å². The summed E-state index contributed by atoms with van der Waals surface area (Å²) in [7, 11) is 5.77. The number of urea groups is 1. The van der Waals surface area contributed by atoms with Crippen molar-refractivity contribution in [1.82, 2.24) is 15.1 Å². The van der Waals surface area contributed by atoms with Crippen LogP contribution in [0.1, 0.15) is 11.1 Å². The van der Waals surface area contributed by atoms with Crippen LogP contribution in [0.15, 0.2) is 48.5 Å². The minimum absolute atomic E-state index is 0.142. The fraction of sp³-hybridized carbons (Fsp3) is 0.350. The van der Waals surface area contributed by atoms with Crippen LogP contribution in [-0.2, 0) is 13.1 Å². The molecule has 0 aliphatic rings. The second-order valence-corrected chi connectivity index (χ2v) is 6.81. The number of nitrogens with one attached hydrogen (secondary N) is 1. The number of benzene rings is 2. The van der Waals surface area contributed by atoms with E-state index >= 15 is 0 Å². The summed E-state index contributed by atoms with van der Waals surface area (Å²) >= 11 is 6.14. The molecule has 5 nitrogen and oxygen atoms in total. The molecule has 0 bridgehead atoms. The zero-order valence-electron chi connectivity index (χ0n) is 15.5. The Morgan fingerprint density at radius 1 is 1.08 bits per heavy atom. The first kappa shape index (κ1) is 20.1. The molecule has 2 aromatic carbocycles. The molecule has 2 amide bonds. The first-order valence-electron chi connectivity index (χ1n) is 8.54. The van der Waals surface area contributed by atoms with Crippen molar-refractivity contribution in [1.29, 1.82) is 0 Å². The maximum Gasteiger partial charge on any atom is 0.317 e. The molecule has 0 fully saturated rings. The van der Waals surface area contributed by atoms with Crippen molar-refractivity contribution in [3.05, 3.63) is 64.7 Å². The van der Waals surface area contributed by atoms with E-state index in [0.717, 1.165) is 23.4 Å². The highest BCUT2D eigenvalue weighted by molar-refractivity contribution is 6.31. The van der Waals surface area contributed by atoms with Gasteiger partial charge in [0.1, 0.15) is 12.4 Å². The van der Waals surface area contributed by atoms with Crippen LogP contribution < -0.4 is 10.1 Å². The summed E-state index contributed by atoms with van der Waals surface area (Å²) in [5, 5.41) is 3.58. The number of hydrogen-bond acceptors (Lipinski definition) is 3. The fourth-order valence-electron chi connectivity index (χ4n) is 2.32. The molecule has 26 heavy (non-hydrogen) atoms. The summed E-state index contributed by atoms with van der Waals surface area (Å²) < 4.78 is 5.66. The maximum atomic E-state index is 12.2. The second-order valence-electron chi connectivity index (χ2n) is 6.40. The molecular formula is C20H26ClN3O2. The summed E-state index contributed by atoms with van der Waals surface area (Å²) in [5.41, 5.74) is 1.94. The first-order chi connectivity index (χ1) is 12.5. The van der Waals surface area contributed by atoms with Crippen LogP contribution in [-0.4, -0.2) is 50.1 Å². The predicted molar refractivity (Wildman–Crippen MR) is 106 cm³/mol. The van der Waals surface area contributed by atoms with E-state index in [2.05, 4.69) is 10.2 Å². The number of likely N-dealkylation sites (N-methyl/N-ethyl adjacent to an activating group) is 1. The third-order valence-electron chi connectivity index (χ3n) is 3.89. The Morgan fingerprint density at radius 2 is 1.77 bits per heavy atom. The van der Waals surface area contributed by atoms with Crippen LogP contribution in [0.4, 0.5) is 4.79 Å². The summed E-state index contributed by atoms with van der Waals surface area (Å²) in [6.45, 7) is 2.44. The Morgan fingerprint density at radius 3 is 2.42 bits per heavy atom. The van der Waals surface area contributed by atoms with E-state index in [1.165, 1.54) is 0 Å². The fourth-order valence-corrected chi connectivity index (χ4v) is 2.51. The summed E-state index contributed by atoms with van der Waals surface area (Å²) in [4.78, 5) is 15.9. The standard InChI is InChI=1S/C20H26ClN3O2/c1-23(2)12-13-26-18-10-8-16(9-11-18)14-22-20(25)24(3)15-17-6-4-5-7-19(17)21/h4-11H,12-15H2,1-3H3,(H,22,25). The number of rotatable bonds is 8. The number of nitrogens with zero attached hydrogens (tertiary/aromatic N) is 2. The molecule has 0 spiro atoms. The molecule has 0 aliphatic carbocycles. The summed E-state index contributed by atoms with van der Waals surface area (Å²) in [5.74, 6) is 0.831. The smallest absolute Gasteiger partial charge is 0.317 e. The number of carbonyl (C=O) groups is 1. The Hall–Kier alpha value is -2.24. The summed E-state index contributed by atoms with van der Waals surface area (Å²) in [6.07, 6.45) is 0. The lowest BCUT2D eigenvalue weighted by Crippen LogP contribution is -2.36. The van der Waals surface area contributed by atoms with Gasteiger partial charge < -0.3 is 19.9 Å². The highest BCUT2D eigenvalue weighted by Gasteiger charge is 2.10. The van der Waals surface area contributed by atoms with Crippen LogP contribution in [0.2, 0.25) is 5.02 Å². The van der Waals surface area contributed by atoms with Gasteiger partial charge in [-0.2, -0.15) is 0 Å². The Kier molecular flexibility index (Phi) is 7.75. The topological polar surface area (TPSA) is 44.8 Å². The van der Waals surface area contributed by atoms with Crippen LogP contribution in [0.25, 0.3) is 0 Å². The molecule has 0 saturated carbocycles. The maximum absolute atomic E-state index is 12.2. The molecule has 0 aliphatic heterocycles. The van der Waals surface area contributed by atoms with Crippen molar-refractivity contribution in [3.8, 4) is 5.75 Å². The van der Waals surface area contributed by atoms with Gasteiger partial charge in [-0.25, -0.2) is 4.79 Å². The van der Waals surface area contributed by atoms with Crippen molar-refractivity contribution < 1.29 is 9.53 Å². The summed E-state index contributed by atoms with van der Waals surface area (Å²) in [6, 6.07) is 15.1. The molecule has 0 heterocycles. The number of amides is 2. The lowest BCUT2D eigenvalue weighted by Gasteiger charge is -2.19. The van der Waals surface area contributed by atoms with Gasteiger partial charge in [-0.3, -0.25) is 0 Å². The van der Waals surface area contributed by atoms with E-state index in [1.807, 2.05) is 62.6 Å². The Balaban J connectivity index is 1.78. The molecule has 0 aromatic heterocycles. The molecule has 0 radical (unpaired) electrons. The van der Waals surface area contributed by atoms with Crippen LogP contribution >= 0.6 is 11.6 Å². The number of halogens is 1. The van der Waals surface area contributed by atoms with Gasteiger partial charge in [0.05, 0.1) is 0 Å². The van der Waals surface area contributed by atoms with E-state index in [-0.39, 0.29) is 6.03 Å². The van der Waals surface area contributed by atoms with Crippen molar-refractivity contribution in [2.75, 3.05) is 34.3 Å².